The van der Waals surface area contributed by atoms with Gasteiger partial charge in [0.1, 0.15) is 9.88 Å². The van der Waals surface area contributed by atoms with Gasteiger partial charge in [-0.1, -0.05) is 36.4 Å². The van der Waals surface area contributed by atoms with E-state index in [1.54, 1.807) is 37.1 Å². The van der Waals surface area contributed by atoms with Crippen molar-refractivity contribution in [2.45, 2.75) is 26.5 Å². The van der Waals surface area contributed by atoms with Crippen molar-refractivity contribution in [2.75, 3.05) is 7.05 Å². The second-order valence-corrected chi connectivity index (χ2v) is 8.09. The number of carbonyl (C=O) groups is 2. The minimum absolute atomic E-state index is 0.243. The van der Waals surface area contributed by atoms with Crippen molar-refractivity contribution < 1.29 is 14.3 Å². The Kier molecular flexibility index (Phi) is 6.03. The van der Waals surface area contributed by atoms with Crippen LogP contribution in [0.2, 0.25) is 0 Å². The number of likely N-dealkylation sites (N-methyl/N-ethyl adjacent to an activating group) is 1. The summed E-state index contributed by atoms with van der Waals surface area (Å²) >= 11 is 2.86. The third-order valence-corrected chi connectivity index (χ3v) is 6.16. The average molecular weight is 401 g/mol. The summed E-state index contributed by atoms with van der Waals surface area (Å²) in [6.45, 7) is 3.83. The summed E-state index contributed by atoms with van der Waals surface area (Å²) in [5.41, 5.74) is 1.64. The van der Waals surface area contributed by atoms with E-state index in [0.29, 0.717) is 17.1 Å². The first-order valence-corrected chi connectivity index (χ1v) is 10.2. The summed E-state index contributed by atoms with van der Waals surface area (Å²) in [4.78, 5) is 32.5. The van der Waals surface area contributed by atoms with Crippen molar-refractivity contribution in [3.8, 4) is 9.88 Å². The fourth-order valence-corrected chi connectivity index (χ4v) is 4.35. The lowest BCUT2D eigenvalue weighted by Crippen LogP contribution is -2.37. The van der Waals surface area contributed by atoms with Crippen LogP contribution in [0.15, 0.2) is 47.8 Å². The van der Waals surface area contributed by atoms with Crippen LogP contribution in [0.3, 0.4) is 0 Å². The van der Waals surface area contributed by atoms with E-state index in [0.717, 1.165) is 15.4 Å². The van der Waals surface area contributed by atoms with E-state index >= 15 is 0 Å². The summed E-state index contributed by atoms with van der Waals surface area (Å²) in [5, 5.41) is 2.75. The lowest BCUT2D eigenvalue weighted by molar-refractivity contribution is -0.139. The number of esters is 1. The molecule has 140 valence electrons. The minimum Gasteiger partial charge on any atom is -0.448 e. The smallest absolute Gasteiger partial charge is 0.351 e. The minimum atomic E-state index is -0.863. The molecule has 0 radical (unpaired) electrons. The first kappa shape index (κ1) is 19.3. The third-order valence-electron chi connectivity index (χ3n) is 3.98. The number of aromatic nitrogens is 1. The van der Waals surface area contributed by atoms with Crippen molar-refractivity contribution >= 4 is 34.6 Å². The van der Waals surface area contributed by atoms with Crippen LogP contribution in [0.25, 0.3) is 9.88 Å². The zero-order valence-electron chi connectivity index (χ0n) is 15.3. The molecule has 7 heteroatoms. The van der Waals surface area contributed by atoms with E-state index in [4.69, 9.17) is 4.74 Å². The summed E-state index contributed by atoms with van der Waals surface area (Å²) in [5.74, 6) is -0.755. The van der Waals surface area contributed by atoms with E-state index in [1.807, 2.05) is 47.8 Å². The molecular formula is C20H20N2O3S2. The van der Waals surface area contributed by atoms with Gasteiger partial charge in [-0.3, -0.25) is 4.79 Å². The van der Waals surface area contributed by atoms with Crippen LogP contribution in [-0.4, -0.2) is 34.9 Å². The second-order valence-electron chi connectivity index (χ2n) is 6.14. The number of thiophene rings is 1. The van der Waals surface area contributed by atoms with Gasteiger partial charge in [0.05, 0.1) is 10.6 Å². The number of amides is 1. The Hall–Kier alpha value is -2.51. The van der Waals surface area contributed by atoms with Gasteiger partial charge < -0.3 is 9.64 Å². The van der Waals surface area contributed by atoms with Crippen molar-refractivity contribution in [3.63, 3.8) is 0 Å². The van der Waals surface area contributed by atoms with Gasteiger partial charge in [0.15, 0.2) is 6.10 Å². The number of hydrogen-bond donors (Lipinski definition) is 0. The SMILES string of the molecule is Cc1nc(-c2cccs2)sc1C(=O)OC(C)C(=O)N(C)Cc1ccccc1. The Morgan fingerprint density at radius 2 is 1.93 bits per heavy atom. The van der Waals surface area contributed by atoms with Crippen molar-refractivity contribution in [1.29, 1.82) is 0 Å². The molecule has 27 heavy (non-hydrogen) atoms. The van der Waals surface area contributed by atoms with Gasteiger partial charge in [0, 0.05) is 13.6 Å². The molecule has 0 fully saturated rings. The predicted octanol–water partition coefficient (Wildman–Crippen LogP) is 4.38. The van der Waals surface area contributed by atoms with E-state index in [2.05, 4.69) is 4.98 Å². The molecule has 3 rings (SSSR count). The maximum absolute atomic E-state index is 12.5. The lowest BCUT2D eigenvalue weighted by Gasteiger charge is -2.21. The molecule has 2 aromatic heterocycles. The number of nitrogens with zero attached hydrogens (tertiary/aromatic N) is 2. The molecule has 0 aliphatic heterocycles. The fraction of sp³-hybridized carbons (Fsp3) is 0.250. The molecule has 0 spiro atoms. The first-order valence-electron chi connectivity index (χ1n) is 8.47. The topological polar surface area (TPSA) is 59.5 Å². The Balaban J connectivity index is 1.64. The van der Waals surface area contributed by atoms with Gasteiger partial charge >= 0.3 is 5.97 Å². The van der Waals surface area contributed by atoms with Crippen LogP contribution >= 0.6 is 22.7 Å². The number of ether oxygens (including phenoxy) is 1. The van der Waals surface area contributed by atoms with Crippen LogP contribution in [0.5, 0.6) is 0 Å². The molecule has 0 N–H and O–H groups in total. The molecule has 1 unspecified atom stereocenters. The fourth-order valence-electron chi connectivity index (χ4n) is 2.60. The first-order chi connectivity index (χ1) is 13.0. The van der Waals surface area contributed by atoms with E-state index in [9.17, 15) is 9.59 Å². The Morgan fingerprint density at radius 1 is 1.19 bits per heavy atom. The highest BCUT2D eigenvalue weighted by Crippen LogP contribution is 2.31. The summed E-state index contributed by atoms with van der Waals surface area (Å²) < 4.78 is 5.41. The molecule has 0 aliphatic carbocycles. The highest BCUT2D eigenvalue weighted by atomic mass is 32.1. The normalized spacial score (nSPS) is 11.8. The molecule has 0 saturated carbocycles. The number of benzene rings is 1. The molecule has 3 aromatic rings. The molecule has 2 heterocycles. The maximum Gasteiger partial charge on any atom is 0.351 e. The summed E-state index contributed by atoms with van der Waals surface area (Å²) in [6, 6.07) is 13.6. The number of thiazole rings is 1. The largest absolute Gasteiger partial charge is 0.448 e. The standard InChI is InChI=1S/C20H20N2O3S2/c1-13-17(27-18(21-13)16-10-7-11-26-16)20(24)25-14(2)19(23)22(3)12-15-8-5-4-6-9-15/h4-11,14H,12H2,1-3H3. The second kappa shape index (κ2) is 8.45. The van der Waals surface area contributed by atoms with Gasteiger partial charge in [-0.25, -0.2) is 9.78 Å². The molecule has 1 amide bonds. The van der Waals surface area contributed by atoms with Crippen molar-refractivity contribution in [3.05, 3.63) is 64.0 Å². The molecule has 0 aliphatic rings. The molecule has 0 saturated heterocycles. The van der Waals surface area contributed by atoms with E-state index in [1.165, 1.54) is 11.3 Å². The van der Waals surface area contributed by atoms with E-state index < -0.39 is 12.1 Å². The van der Waals surface area contributed by atoms with Crippen LogP contribution < -0.4 is 0 Å². The molecular weight excluding hydrogens is 380 g/mol. The van der Waals surface area contributed by atoms with Gasteiger partial charge in [-0.2, -0.15) is 0 Å². The zero-order valence-corrected chi connectivity index (χ0v) is 17.0. The molecule has 1 aromatic carbocycles. The van der Waals surface area contributed by atoms with Gasteiger partial charge in [0.25, 0.3) is 5.91 Å². The summed E-state index contributed by atoms with van der Waals surface area (Å²) in [6.07, 6.45) is -0.863. The highest BCUT2D eigenvalue weighted by Gasteiger charge is 2.25. The monoisotopic (exact) mass is 400 g/mol. The van der Waals surface area contributed by atoms with Gasteiger partial charge in [0.2, 0.25) is 0 Å². The number of hydrogen-bond acceptors (Lipinski definition) is 6. The quantitative estimate of drug-likeness (QED) is 0.576. The lowest BCUT2D eigenvalue weighted by atomic mass is 10.2. The van der Waals surface area contributed by atoms with E-state index in [-0.39, 0.29) is 5.91 Å². The molecule has 0 bridgehead atoms. The van der Waals surface area contributed by atoms with Gasteiger partial charge in [-0.05, 0) is 30.9 Å². The Labute approximate surface area is 166 Å². The van der Waals surface area contributed by atoms with Crippen LogP contribution in [0, 0.1) is 6.92 Å². The van der Waals surface area contributed by atoms with Crippen molar-refractivity contribution in [2.24, 2.45) is 0 Å². The summed E-state index contributed by atoms with van der Waals surface area (Å²) in [7, 11) is 1.70. The zero-order chi connectivity index (χ0) is 19.4. The maximum atomic E-state index is 12.5. The van der Waals surface area contributed by atoms with Crippen molar-refractivity contribution in [1.82, 2.24) is 9.88 Å². The third kappa shape index (κ3) is 4.61. The molecule has 5 nitrogen and oxygen atoms in total. The average Bonchev–Trinajstić information content (AvgIpc) is 3.31. The van der Waals surface area contributed by atoms with Gasteiger partial charge in [-0.15, -0.1) is 22.7 Å². The Morgan fingerprint density at radius 3 is 2.59 bits per heavy atom. The number of rotatable bonds is 6. The van der Waals surface area contributed by atoms with Crippen LogP contribution in [0.1, 0.15) is 27.9 Å². The Bertz CT molecular complexity index is 920. The highest BCUT2D eigenvalue weighted by molar-refractivity contribution is 7.22. The molecule has 1 atom stereocenters. The predicted molar refractivity (Wildman–Crippen MR) is 108 cm³/mol. The number of aryl methyl sites for hydroxylation is 1. The van der Waals surface area contributed by atoms with Crippen LogP contribution in [-0.2, 0) is 16.1 Å². The number of carbonyl (C=O) groups excluding carboxylic acids is 2. The van der Waals surface area contributed by atoms with Crippen LogP contribution in [0.4, 0.5) is 0 Å².